The summed E-state index contributed by atoms with van der Waals surface area (Å²) in [5.74, 6) is -4.37. The second-order valence-corrected chi connectivity index (χ2v) is 8.81. The predicted molar refractivity (Wildman–Crippen MR) is 103 cm³/mol. The average molecular weight is 441 g/mol. The Morgan fingerprint density at radius 3 is 2.57 bits per heavy atom. The summed E-state index contributed by atoms with van der Waals surface area (Å²) < 4.78 is 42.0. The fraction of sp³-hybridized carbons (Fsp3) is 0.450. The Bertz CT molecular complexity index is 1040. The molecule has 6 nitrogen and oxygen atoms in total. The number of nitrogens with zero attached hydrogens (tertiary/aromatic N) is 3. The number of rotatable bonds is 4. The fourth-order valence-electron chi connectivity index (χ4n) is 4.43. The molecular weight excluding hydrogens is 421 g/mol. The van der Waals surface area contributed by atoms with Gasteiger partial charge in [0.05, 0.1) is 29.4 Å². The number of hydrogen-bond acceptors (Lipinski definition) is 3. The first-order valence-electron chi connectivity index (χ1n) is 9.49. The number of halogens is 4. The van der Waals surface area contributed by atoms with Gasteiger partial charge in [0, 0.05) is 31.4 Å². The molecule has 1 aromatic heterocycles. The van der Waals surface area contributed by atoms with Crippen LogP contribution in [0.3, 0.4) is 0 Å². The summed E-state index contributed by atoms with van der Waals surface area (Å²) in [6.45, 7) is 2.39. The predicted octanol–water partition coefficient (Wildman–Crippen LogP) is 3.61. The monoisotopic (exact) mass is 440 g/mol. The van der Waals surface area contributed by atoms with E-state index in [1.807, 2.05) is 0 Å². The van der Waals surface area contributed by atoms with Crippen LogP contribution in [0.1, 0.15) is 42.2 Å². The molecule has 0 atom stereocenters. The van der Waals surface area contributed by atoms with Crippen molar-refractivity contribution in [2.45, 2.75) is 45.2 Å². The van der Waals surface area contributed by atoms with Crippen LogP contribution in [0.2, 0.25) is 5.02 Å². The molecule has 0 bridgehead atoms. The van der Waals surface area contributed by atoms with Crippen LogP contribution in [-0.4, -0.2) is 39.0 Å². The van der Waals surface area contributed by atoms with Gasteiger partial charge < -0.3 is 10.6 Å². The van der Waals surface area contributed by atoms with E-state index in [1.165, 1.54) is 23.1 Å². The maximum Gasteiger partial charge on any atom is 0.252 e. The number of alkyl halides is 2. The van der Waals surface area contributed by atoms with Crippen molar-refractivity contribution in [2.75, 3.05) is 6.54 Å². The Morgan fingerprint density at radius 2 is 1.97 bits per heavy atom. The maximum atomic E-state index is 13.9. The minimum absolute atomic E-state index is 0.0118. The lowest BCUT2D eigenvalue weighted by molar-refractivity contribution is -0.166. The Kier molecular flexibility index (Phi) is 4.84. The lowest BCUT2D eigenvalue weighted by atomic mass is 9.65. The molecule has 0 saturated heterocycles. The zero-order valence-corrected chi connectivity index (χ0v) is 17.0. The topological polar surface area (TPSA) is 81.2 Å². The molecular formula is C20H20ClF3N4O2. The van der Waals surface area contributed by atoms with E-state index in [1.54, 1.807) is 11.6 Å². The fourth-order valence-corrected chi connectivity index (χ4v) is 4.55. The number of nitrogens with two attached hydrogens (primary N) is 1. The molecule has 2 amide bonds. The van der Waals surface area contributed by atoms with Gasteiger partial charge in [-0.1, -0.05) is 24.6 Å². The molecule has 4 rings (SSSR count). The zero-order chi connectivity index (χ0) is 21.8. The molecule has 30 heavy (non-hydrogen) atoms. The third-order valence-electron chi connectivity index (χ3n) is 5.72. The first-order valence-corrected chi connectivity index (χ1v) is 9.86. The second-order valence-electron chi connectivity index (χ2n) is 8.40. The van der Waals surface area contributed by atoms with E-state index >= 15 is 0 Å². The van der Waals surface area contributed by atoms with Crippen molar-refractivity contribution in [2.24, 2.45) is 11.1 Å². The van der Waals surface area contributed by atoms with Gasteiger partial charge in [-0.15, -0.1) is 0 Å². The van der Waals surface area contributed by atoms with Gasteiger partial charge in [0.25, 0.3) is 5.91 Å². The number of benzene rings is 1. The largest absolute Gasteiger partial charge is 0.365 e. The van der Waals surface area contributed by atoms with E-state index in [2.05, 4.69) is 5.10 Å². The first kappa shape index (κ1) is 20.7. The van der Waals surface area contributed by atoms with Crippen LogP contribution < -0.4 is 5.73 Å². The molecule has 2 aliphatic rings. The summed E-state index contributed by atoms with van der Waals surface area (Å²) in [5.41, 5.74) is 5.95. The van der Waals surface area contributed by atoms with Crippen molar-refractivity contribution in [3.63, 3.8) is 0 Å². The van der Waals surface area contributed by atoms with Crippen molar-refractivity contribution in [1.29, 1.82) is 0 Å². The number of aromatic nitrogens is 2. The van der Waals surface area contributed by atoms with Gasteiger partial charge in [-0.25, -0.2) is 13.2 Å². The van der Waals surface area contributed by atoms with Crippen LogP contribution in [0, 0.1) is 11.2 Å². The van der Waals surface area contributed by atoms with Gasteiger partial charge in [0.15, 0.2) is 0 Å². The standard InChI is InChI=1S/C20H20ClF3N4O2/c1-19(9-20(23,24)10-19)7-15(29)27-4-5-28-14(8-27)16(18(25)30)17(26-28)11-2-3-12(21)13(22)6-11/h2-3,6H,4-5,7-10H2,1H3,(H2,25,30). The minimum Gasteiger partial charge on any atom is -0.365 e. The van der Waals surface area contributed by atoms with Gasteiger partial charge in [-0.3, -0.25) is 14.3 Å². The third kappa shape index (κ3) is 3.66. The summed E-state index contributed by atoms with van der Waals surface area (Å²) in [4.78, 5) is 26.4. The molecule has 0 unspecified atom stereocenters. The second kappa shape index (κ2) is 7.01. The van der Waals surface area contributed by atoms with E-state index in [0.29, 0.717) is 24.3 Å². The summed E-state index contributed by atoms with van der Waals surface area (Å²) in [7, 11) is 0. The van der Waals surface area contributed by atoms with Crippen molar-refractivity contribution in [3.8, 4) is 11.3 Å². The van der Waals surface area contributed by atoms with Gasteiger partial charge in [-0.05, 0) is 17.5 Å². The molecule has 1 fully saturated rings. The highest BCUT2D eigenvalue weighted by Gasteiger charge is 2.54. The number of carbonyl (C=O) groups excluding carboxylic acids is 2. The molecule has 1 aliphatic carbocycles. The van der Waals surface area contributed by atoms with Crippen molar-refractivity contribution < 1.29 is 22.8 Å². The highest BCUT2D eigenvalue weighted by atomic mass is 35.5. The molecule has 0 radical (unpaired) electrons. The molecule has 10 heteroatoms. The Labute approximate surface area is 175 Å². The lowest BCUT2D eigenvalue weighted by Crippen LogP contribution is -2.48. The Hall–Kier alpha value is -2.55. The van der Waals surface area contributed by atoms with Crippen LogP contribution in [0.25, 0.3) is 11.3 Å². The van der Waals surface area contributed by atoms with Crippen molar-refractivity contribution in [1.82, 2.24) is 14.7 Å². The van der Waals surface area contributed by atoms with E-state index in [-0.39, 0.29) is 48.0 Å². The summed E-state index contributed by atoms with van der Waals surface area (Å²) in [5, 5.41) is 4.34. The summed E-state index contributed by atoms with van der Waals surface area (Å²) in [6, 6.07) is 4.07. The molecule has 1 aromatic carbocycles. The summed E-state index contributed by atoms with van der Waals surface area (Å²) >= 11 is 5.73. The van der Waals surface area contributed by atoms with Crippen molar-refractivity contribution in [3.05, 3.63) is 40.3 Å². The number of amides is 2. The normalized spacial score (nSPS) is 19.2. The first-order chi connectivity index (χ1) is 14.0. The molecule has 2 aromatic rings. The van der Waals surface area contributed by atoms with Gasteiger partial charge in [-0.2, -0.15) is 5.10 Å². The molecule has 1 saturated carbocycles. The van der Waals surface area contributed by atoms with E-state index in [9.17, 15) is 22.8 Å². The zero-order valence-electron chi connectivity index (χ0n) is 16.2. The van der Waals surface area contributed by atoms with Crippen LogP contribution in [0.4, 0.5) is 13.2 Å². The van der Waals surface area contributed by atoms with Gasteiger partial charge in [0.1, 0.15) is 11.5 Å². The van der Waals surface area contributed by atoms with Crippen LogP contribution in [0.15, 0.2) is 18.2 Å². The average Bonchev–Trinajstić information content (AvgIpc) is 3.00. The minimum atomic E-state index is -2.71. The smallest absolute Gasteiger partial charge is 0.252 e. The van der Waals surface area contributed by atoms with Crippen LogP contribution in [0.5, 0.6) is 0 Å². The third-order valence-corrected chi connectivity index (χ3v) is 6.03. The van der Waals surface area contributed by atoms with Crippen molar-refractivity contribution >= 4 is 23.4 Å². The molecule has 2 N–H and O–H groups in total. The van der Waals surface area contributed by atoms with Gasteiger partial charge >= 0.3 is 0 Å². The summed E-state index contributed by atoms with van der Waals surface area (Å²) in [6.07, 6.45) is -0.607. The van der Waals surface area contributed by atoms with E-state index < -0.39 is 23.1 Å². The SMILES string of the molecule is CC1(CC(=O)N2CCn3nc(-c4ccc(Cl)c(F)c4)c(C(N)=O)c3C2)CC(F)(F)C1. The number of carbonyl (C=O) groups is 2. The Balaban J connectivity index is 1.60. The number of primary amides is 1. The molecule has 0 spiro atoms. The number of hydrogen-bond donors (Lipinski definition) is 1. The van der Waals surface area contributed by atoms with Gasteiger partial charge in [0.2, 0.25) is 11.8 Å². The van der Waals surface area contributed by atoms with Crippen LogP contribution >= 0.6 is 11.6 Å². The molecule has 2 heterocycles. The van der Waals surface area contributed by atoms with E-state index in [0.717, 1.165) is 0 Å². The highest BCUT2D eigenvalue weighted by molar-refractivity contribution is 6.30. The number of fused-ring (bicyclic) bond motifs is 1. The Morgan fingerprint density at radius 1 is 1.27 bits per heavy atom. The molecule has 160 valence electrons. The maximum absolute atomic E-state index is 13.9. The van der Waals surface area contributed by atoms with E-state index in [4.69, 9.17) is 17.3 Å². The lowest BCUT2D eigenvalue weighted by Gasteiger charge is -2.45. The molecule has 1 aliphatic heterocycles. The quantitative estimate of drug-likeness (QED) is 0.788. The highest BCUT2D eigenvalue weighted by Crippen LogP contribution is 2.53. The van der Waals surface area contributed by atoms with Crippen LogP contribution in [-0.2, 0) is 17.9 Å².